The molecule has 0 aliphatic carbocycles. The van der Waals surface area contributed by atoms with Crippen molar-refractivity contribution in [2.24, 2.45) is 0 Å². The number of aromatic carboxylic acids is 1. The van der Waals surface area contributed by atoms with Crippen molar-refractivity contribution >= 4 is 23.3 Å². The largest absolute Gasteiger partial charge is 0.478 e. The van der Waals surface area contributed by atoms with Gasteiger partial charge in [-0.05, 0) is 35.9 Å². The van der Waals surface area contributed by atoms with Crippen LogP contribution < -0.4 is 5.73 Å². The fraction of sp³-hybridized carbons (Fsp3) is 0. The predicted octanol–water partition coefficient (Wildman–Crippen LogP) is 3.29. The molecule has 2 aromatic rings. The minimum absolute atomic E-state index is 0.203. The van der Waals surface area contributed by atoms with Crippen LogP contribution in [0.15, 0.2) is 42.5 Å². The molecule has 0 fully saturated rings. The second-order valence-electron chi connectivity index (χ2n) is 3.62. The zero-order chi connectivity index (χ0) is 12.4. The van der Waals surface area contributed by atoms with E-state index in [2.05, 4.69) is 0 Å². The van der Waals surface area contributed by atoms with E-state index in [9.17, 15) is 4.79 Å². The number of anilines is 1. The molecule has 3 nitrogen and oxygen atoms in total. The molecule has 0 saturated heterocycles. The highest BCUT2D eigenvalue weighted by molar-refractivity contribution is 6.30. The molecule has 2 rings (SSSR count). The van der Waals surface area contributed by atoms with Gasteiger partial charge in [-0.2, -0.15) is 0 Å². The highest BCUT2D eigenvalue weighted by Gasteiger charge is 2.08. The average Bonchev–Trinajstić information content (AvgIpc) is 2.29. The Balaban J connectivity index is 2.58. The van der Waals surface area contributed by atoms with Gasteiger partial charge < -0.3 is 10.8 Å². The van der Waals surface area contributed by atoms with Gasteiger partial charge >= 0.3 is 5.97 Å². The van der Waals surface area contributed by atoms with Crippen LogP contribution >= 0.6 is 11.6 Å². The number of benzene rings is 2. The molecule has 0 aliphatic heterocycles. The summed E-state index contributed by atoms with van der Waals surface area (Å²) in [5, 5.41) is 9.52. The van der Waals surface area contributed by atoms with Crippen LogP contribution in [0.5, 0.6) is 0 Å². The first-order chi connectivity index (χ1) is 8.08. The van der Waals surface area contributed by atoms with Crippen LogP contribution in [0.25, 0.3) is 11.1 Å². The third-order valence-corrected chi connectivity index (χ3v) is 2.67. The number of hydrogen-bond acceptors (Lipinski definition) is 2. The van der Waals surface area contributed by atoms with Gasteiger partial charge in [-0.25, -0.2) is 4.79 Å². The van der Waals surface area contributed by atoms with E-state index < -0.39 is 5.97 Å². The molecule has 0 saturated carbocycles. The van der Waals surface area contributed by atoms with Crippen molar-refractivity contribution in [2.45, 2.75) is 0 Å². The van der Waals surface area contributed by atoms with E-state index in [1.165, 1.54) is 6.07 Å². The second kappa shape index (κ2) is 4.47. The Labute approximate surface area is 103 Å². The molecular weight excluding hydrogens is 238 g/mol. The third kappa shape index (κ3) is 2.40. The number of carbonyl (C=O) groups is 1. The van der Waals surface area contributed by atoms with E-state index in [1.807, 2.05) is 6.07 Å². The van der Waals surface area contributed by atoms with Gasteiger partial charge in [-0.3, -0.25) is 0 Å². The zero-order valence-electron chi connectivity index (χ0n) is 8.85. The van der Waals surface area contributed by atoms with E-state index in [0.717, 1.165) is 5.56 Å². The Morgan fingerprint density at radius 3 is 2.59 bits per heavy atom. The standard InChI is InChI=1S/C13H10ClNO2/c14-10-3-1-2-8(6-10)11-7-9(13(16)17)4-5-12(11)15/h1-7H,15H2,(H,16,17). The fourth-order valence-corrected chi connectivity index (χ4v) is 1.79. The summed E-state index contributed by atoms with van der Waals surface area (Å²) >= 11 is 5.89. The third-order valence-electron chi connectivity index (χ3n) is 2.44. The molecule has 86 valence electrons. The van der Waals surface area contributed by atoms with Crippen LogP contribution in [0.4, 0.5) is 5.69 Å². The van der Waals surface area contributed by atoms with Crippen molar-refractivity contribution in [3.63, 3.8) is 0 Å². The van der Waals surface area contributed by atoms with Gasteiger partial charge in [0.1, 0.15) is 0 Å². The molecule has 0 aliphatic rings. The number of carboxylic acids is 1. The summed E-state index contributed by atoms with van der Waals surface area (Å²) < 4.78 is 0. The Morgan fingerprint density at radius 2 is 1.94 bits per heavy atom. The Hall–Kier alpha value is -2.00. The molecule has 0 spiro atoms. The topological polar surface area (TPSA) is 63.3 Å². The Kier molecular flexibility index (Phi) is 3.02. The lowest BCUT2D eigenvalue weighted by molar-refractivity contribution is 0.0697. The monoisotopic (exact) mass is 247 g/mol. The first-order valence-electron chi connectivity index (χ1n) is 4.96. The van der Waals surface area contributed by atoms with Crippen LogP contribution in [-0.2, 0) is 0 Å². The van der Waals surface area contributed by atoms with Crippen molar-refractivity contribution in [3.8, 4) is 11.1 Å². The molecular formula is C13H10ClNO2. The maximum atomic E-state index is 10.9. The van der Waals surface area contributed by atoms with Gasteiger partial charge in [-0.15, -0.1) is 0 Å². The van der Waals surface area contributed by atoms with Gasteiger partial charge in [0.05, 0.1) is 5.56 Å². The summed E-state index contributed by atoms with van der Waals surface area (Å²) in [6.45, 7) is 0. The molecule has 0 heterocycles. The smallest absolute Gasteiger partial charge is 0.335 e. The minimum atomic E-state index is -0.978. The highest BCUT2D eigenvalue weighted by atomic mass is 35.5. The molecule has 0 unspecified atom stereocenters. The van der Waals surface area contributed by atoms with Crippen LogP contribution in [0, 0.1) is 0 Å². The van der Waals surface area contributed by atoms with E-state index in [1.54, 1.807) is 30.3 Å². The summed E-state index contributed by atoms with van der Waals surface area (Å²) in [7, 11) is 0. The molecule has 2 aromatic carbocycles. The number of nitrogens with two attached hydrogens (primary N) is 1. The summed E-state index contributed by atoms with van der Waals surface area (Å²) in [5.74, 6) is -0.978. The number of halogens is 1. The first kappa shape index (κ1) is 11.5. The maximum absolute atomic E-state index is 10.9. The fourth-order valence-electron chi connectivity index (χ4n) is 1.60. The zero-order valence-corrected chi connectivity index (χ0v) is 9.61. The van der Waals surface area contributed by atoms with Gasteiger partial charge in [-0.1, -0.05) is 23.7 Å². The Morgan fingerprint density at radius 1 is 1.18 bits per heavy atom. The molecule has 4 heteroatoms. The SMILES string of the molecule is Nc1ccc(C(=O)O)cc1-c1cccc(Cl)c1. The minimum Gasteiger partial charge on any atom is -0.478 e. The van der Waals surface area contributed by atoms with Crippen molar-refractivity contribution in [3.05, 3.63) is 53.1 Å². The average molecular weight is 248 g/mol. The molecule has 17 heavy (non-hydrogen) atoms. The molecule has 0 atom stereocenters. The van der Waals surface area contributed by atoms with Crippen LogP contribution in [0.1, 0.15) is 10.4 Å². The normalized spacial score (nSPS) is 10.2. The van der Waals surface area contributed by atoms with Gasteiger partial charge in [0.2, 0.25) is 0 Å². The first-order valence-corrected chi connectivity index (χ1v) is 5.34. The van der Waals surface area contributed by atoms with Crippen LogP contribution in [-0.4, -0.2) is 11.1 Å². The summed E-state index contributed by atoms with van der Waals surface area (Å²) in [6.07, 6.45) is 0. The molecule has 0 aromatic heterocycles. The molecule has 3 N–H and O–H groups in total. The van der Waals surface area contributed by atoms with Crippen molar-refractivity contribution in [1.82, 2.24) is 0 Å². The lowest BCUT2D eigenvalue weighted by atomic mass is 10.0. The number of hydrogen-bond donors (Lipinski definition) is 2. The van der Waals surface area contributed by atoms with Gasteiger partial charge in [0.25, 0.3) is 0 Å². The molecule has 0 amide bonds. The number of carboxylic acid groups (broad SMARTS) is 1. The Bertz CT molecular complexity index is 581. The highest BCUT2D eigenvalue weighted by Crippen LogP contribution is 2.28. The second-order valence-corrected chi connectivity index (χ2v) is 4.05. The van der Waals surface area contributed by atoms with Gasteiger partial charge in [0.15, 0.2) is 0 Å². The summed E-state index contributed by atoms with van der Waals surface area (Å²) in [4.78, 5) is 10.9. The van der Waals surface area contributed by atoms with Crippen molar-refractivity contribution in [1.29, 1.82) is 0 Å². The van der Waals surface area contributed by atoms with E-state index >= 15 is 0 Å². The number of nitrogen functional groups attached to an aromatic ring is 1. The summed E-state index contributed by atoms with van der Waals surface area (Å²) in [5.41, 5.74) is 8.04. The van der Waals surface area contributed by atoms with E-state index in [4.69, 9.17) is 22.4 Å². The molecule has 0 bridgehead atoms. The predicted molar refractivity (Wildman–Crippen MR) is 68.3 cm³/mol. The number of rotatable bonds is 2. The van der Waals surface area contributed by atoms with Crippen molar-refractivity contribution < 1.29 is 9.90 Å². The lowest BCUT2D eigenvalue weighted by Crippen LogP contribution is -1.98. The quantitative estimate of drug-likeness (QED) is 0.801. The van der Waals surface area contributed by atoms with Gasteiger partial charge in [0, 0.05) is 16.3 Å². The van der Waals surface area contributed by atoms with E-state index in [-0.39, 0.29) is 5.56 Å². The summed E-state index contributed by atoms with van der Waals surface area (Å²) in [6, 6.07) is 11.7. The van der Waals surface area contributed by atoms with Crippen molar-refractivity contribution in [2.75, 3.05) is 5.73 Å². The lowest BCUT2D eigenvalue weighted by Gasteiger charge is -2.07. The van der Waals surface area contributed by atoms with E-state index in [0.29, 0.717) is 16.3 Å². The van der Waals surface area contributed by atoms with Crippen LogP contribution in [0.3, 0.4) is 0 Å². The maximum Gasteiger partial charge on any atom is 0.335 e. The molecule has 0 radical (unpaired) electrons. The van der Waals surface area contributed by atoms with Crippen LogP contribution in [0.2, 0.25) is 5.02 Å².